The number of rotatable bonds is 6. The van der Waals surface area contributed by atoms with E-state index in [-0.39, 0.29) is 6.10 Å². The number of ether oxygens (including phenoxy) is 2. The second-order valence-corrected chi connectivity index (χ2v) is 4.41. The van der Waals surface area contributed by atoms with Crippen molar-refractivity contribution in [3.63, 3.8) is 0 Å². The van der Waals surface area contributed by atoms with Gasteiger partial charge in [0.05, 0.1) is 11.6 Å². The highest BCUT2D eigenvalue weighted by Crippen LogP contribution is 2.30. The number of hydrogen-bond acceptors (Lipinski definition) is 3. The molecular formula is C12H18BrNO2. The monoisotopic (exact) mass is 287 g/mol. The normalized spacial score (nSPS) is 12.2. The Morgan fingerprint density at radius 3 is 2.69 bits per heavy atom. The number of nitrogens with two attached hydrogens (primary N) is 1. The van der Waals surface area contributed by atoms with E-state index >= 15 is 0 Å². The van der Waals surface area contributed by atoms with E-state index < -0.39 is 0 Å². The summed E-state index contributed by atoms with van der Waals surface area (Å²) in [6.45, 7) is 2.65. The van der Waals surface area contributed by atoms with Crippen LogP contribution in [-0.2, 0) is 0 Å². The topological polar surface area (TPSA) is 44.5 Å². The summed E-state index contributed by atoms with van der Waals surface area (Å²) in [5.41, 5.74) is 5.65. The molecule has 1 rings (SSSR count). The molecule has 0 aliphatic heterocycles. The summed E-state index contributed by atoms with van der Waals surface area (Å²) < 4.78 is 11.8. The quantitative estimate of drug-likeness (QED) is 0.875. The van der Waals surface area contributed by atoms with Crippen LogP contribution in [0.25, 0.3) is 0 Å². The van der Waals surface area contributed by atoms with E-state index in [0.29, 0.717) is 6.54 Å². The lowest BCUT2D eigenvalue weighted by molar-refractivity contribution is 0.196. The van der Waals surface area contributed by atoms with Crippen molar-refractivity contribution in [2.75, 3.05) is 13.7 Å². The highest BCUT2D eigenvalue weighted by molar-refractivity contribution is 9.10. The van der Waals surface area contributed by atoms with E-state index in [2.05, 4.69) is 22.9 Å². The van der Waals surface area contributed by atoms with E-state index in [1.54, 1.807) is 7.11 Å². The van der Waals surface area contributed by atoms with Crippen molar-refractivity contribution in [1.82, 2.24) is 0 Å². The van der Waals surface area contributed by atoms with E-state index in [9.17, 15) is 0 Å². The summed E-state index contributed by atoms with van der Waals surface area (Å²) in [5.74, 6) is 1.61. The smallest absolute Gasteiger partial charge is 0.134 e. The molecule has 0 aliphatic carbocycles. The van der Waals surface area contributed by atoms with Crippen LogP contribution >= 0.6 is 15.9 Å². The van der Waals surface area contributed by atoms with Crippen LogP contribution in [0.5, 0.6) is 11.5 Å². The predicted molar refractivity (Wildman–Crippen MR) is 69.1 cm³/mol. The SMILES string of the molecule is CCCC(CN)Oc1ccc(OC)cc1Br. The van der Waals surface area contributed by atoms with Gasteiger partial charge in [0, 0.05) is 6.54 Å². The molecule has 0 saturated carbocycles. The maximum absolute atomic E-state index is 5.81. The van der Waals surface area contributed by atoms with Crippen LogP contribution in [0.15, 0.2) is 22.7 Å². The van der Waals surface area contributed by atoms with Gasteiger partial charge in [0.25, 0.3) is 0 Å². The molecule has 0 amide bonds. The molecular weight excluding hydrogens is 270 g/mol. The molecule has 0 radical (unpaired) electrons. The molecule has 0 heterocycles. The van der Waals surface area contributed by atoms with Crippen LogP contribution in [-0.4, -0.2) is 19.8 Å². The van der Waals surface area contributed by atoms with Crippen LogP contribution in [0, 0.1) is 0 Å². The van der Waals surface area contributed by atoms with Crippen LogP contribution in [0.2, 0.25) is 0 Å². The molecule has 2 N–H and O–H groups in total. The summed E-state index contributed by atoms with van der Waals surface area (Å²) in [6, 6.07) is 5.65. The average molecular weight is 288 g/mol. The zero-order valence-corrected chi connectivity index (χ0v) is 11.3. The molecule has 1 aromatic rings. The Balaban J connectivity index is 2.72. The Morgan fingerprint density at radius 1 is 1.44 bits per heavy atom. The molecule has 90 valence electrons. The Morgan fingerprint density at radius 2 is 2.19 bits per heavy atom. The Hall–Kier alpha value is -0.740. The van der Waals surface area contributed by atoms with Gasteiger partial charge in [0.2, 0.25) is 0 Å². The highest BCUT2D eigenvalue weighted by atomic mass is 79.9. The first kappa shape index (κ1) is 13.3. The molecule has 4 heteroatoms. The lowest BCUT2D eigenvalue weighted by atomic mass is 10.2. The fourth-order valence-corrected chi connectivity index (χ4v) is 1.88. The summed E-state index contributed by atoms with van der Waals surface area (Å²) in [7, 11) is 1.64. The van der Waals surface area contributed by atoms with Crippen molar-refractivity contribution in [2.24, 2.45) is 5.73 Å². The van der Waals surface area contributed by atoms with Crippen molar-refractivity contribution in [1.29, 1.82) is 0 Å². The standard InChI is InChI=1S/C12H18BrNO2/c1-3-4-10(8-14)16-12-6-5-9(15-2)7-11(12)13/h5-7,10H,3-4,8,14H2,1-2H3. The second-order valence-electron chi connectivity index (χ2n) is 3.56. The van der Waals surface area contributed by atoms with E-state index in [0.717, 1.165) is 28.8 Å². The van der Waals surface area contributed by atoms with Crippen LogP contribution in [0.1, 0.15) is 19.8 Å². The summed E-state index contributed by atoms with van der Waals surface area (Å²) in [4.78, 5) is 0. The van der Waals surface area contributed by atoms with Gasteiger partial charge in [-0.3, -0.25) is 0 Å². The van der Waals surface area contributed by atoms with E-state index in [1.807, 2.05) is 18.2 Å². The van der Waals surface area contributed by atoms with Gasteiger partial charge in [-0.05, 0) is 40.5 Å². The van der Waals surface area contributed by atoms with Gasteiger partial charge < -0.3 is 15.2 Å². The summed E-state index contributed by atoms with van der Waals surface area (Å²) in [5, 5.41) is 0. The molecule has 0 aliphatic rings. The number of benzene rings is 1. The third-order valence-corrected chi connectivity index (χ3v) is 2.93. The molecule has 0 bridgehead atoms. The van der Waals surface area contributed by atoms with Gasteiger partial charge in [-0.25, -0.2) is 0 Å². The molecule has 0 spiro atoms. The van der Waals surface area contributed by atoms with Crippen LogP contribution < -0.4 is 15.2 Å². The maximum atomic E-state index is 5.81. The van der Waals surface area contributed by atoms with Crippen molar-refractivity contribution in [2.45, 2.75) is 25.9 Å². The first-order valence-corrected chi connectivity index (χ1v) is 6.20. The molecule has 0 saturated heterocycles. The Labute approximate surface area is 105 Å². The molecule has 3 nitrogen and oxygen atoms in total. The first-order chi connectivity index (χ1) is 7.71. The van der Waals surface area contributed by atoms with Gasteiger partial charge in [-0.1, -0.05) is 13.3 Å². The van der Waals surface area contributed by atoms with Gasteiger partial charge in [0.1, 0.15) is 17.6 Å². The number of hydrogen-bond donors (Lipinski definition) is 1. The zero-order chi connectivity index (χ0) is 12.0. The maximum Gasteiger partial charge on any atom is 0.134 e. The molecule has 1 aromatic carbocycles. The lowest BCUT2D eigenvalue weighted by Crippen LogP contribution is -2.26. The van der Waals surface area contributed by atoms with Gasteiger partial charge in [-0.15, -0.1) is 0 Å². The van der Waals surface area contributed by atoms with Crippen molar-refractivity contribution in [3.05, 3.63) is 22.7 Å². The summed E-state index contributed by atoms with van der Waals surface area (Å²) >= 11 is 3.45. The third kappa shape index (κ3) is 3.68. The van der Waals surface area contributed by atoms with Gasteiger partial charge in [-0.2, -0.15) is 0 Å². The van der Waals surface area contributed by atoms with Crippen molar-refractivity contribution >= 4 is 15.9 Å². The fourth-order valence-electron chi connectivity index (χ4n) is 1.43. The Kier molecular flexibility index (Phi) is 5.63. The summed E-state index contributed by atoms with van der Waals surface area (Å²) in [6.07, 6.45) is 2.11. The van der Waals surface area contributed by atoms with Crippen molar-refractivity contribution < 1.29 is 9.47 Å². The minimum atomic E-state index is 0.0784. The van der Waals surface area contributed by atoms with Crippen LogP contribution in [0.4, 0.5) is 0 Å². The molecule has 1 atom stereocenters. The molecule has 0 aromatic heterocycles. The first-order valence-electron chi connectivity index (χ1n) is 5.41. The highest BCUT2D eigenvalue weighted by Gasteiger charge is 2.10. The largest absolute Gasteiger partial charge is 0.497 e. The van der Waals surface area contributed by atoms with Gasteiger partial charge in [0.15, 0.2) is 0 Å². The molecule has 1 unspecified atom stereocenters. The fraction of sp³-hybridized carbons (Fsp3) is 0.500. The average Bonchev–Trinajstić information content (AvgIpc) is 2.30. The number of methoxy groups -OCH3 is 1. The third-order valence-electron chi connectivity index (χ3n) is 2.31. The van der Waals surface area contributed by atoms with Gasteiger partial charge >= 0.3 is 0 Å². The van der Waals surface area contributed by atoms with E-state index in [1.165, 1.54) is 0 Å². The lowest BCUT2D eigenvalue weighted by Gasteiger charge is -2.18. The zero-order valence-electron chi connectivity index (χ0n) is 9.70. The second kappa shape index (κ2) is 6.76. The predicted octanol–water partition coefficient (Wildman–Crippen LogP) is 2.96. The molecule has 16 heavy (non-hydrogen) atoms. The molecule has 0 fully saturated rings. The number of halogens is 1. The Bertz CT molecular complexity index is 331. The van der Waals surface area contributed by atoms with Crippen LogP contribution in [0.3, 0.4) is 0 Å². The minimum Gasteiger partial charge on any atom is -0.497 e. The van der Waals surface area contributed by atoms with E-state index in [4.69, 9.17) is 15.2 Å². The van der Waals surface area contributed by atoms with Crippen molar-refractivity contribution in [3.8, 4) is 11.5 Å². The minimum absolute atomic E-state index is 0.0784.